The summed E-state index contributed by atoms with van der Waals surface area (Å²) in [6, 6.07) is 30.5. The Morgan fingerprint density at radius 2 is 1.21 bits per heavy atom. The summed E-state index contributed by atoms with van der Waals surface area (Å²) in [6.07, 6.45) is 0. The van der Waals surface area contributed by atoms with Gasteiger partial charge in [0.15, 0.2) is 0 Å². The molecule has 0 unspecified atom stereocenters. The van der Waals surface area contributed by atoms with Gasteiger partial charge in [-0.25, -0.2) is 0 Å². The monoisotopic (exact) mass is 529 g/mol. The fraction of sp³-hybridized carbons (Fsp3) is 0.130. The molecule has 0 fully saturated rings. The Bertz CT molecular complexity index is 854. The van der Waals surface area contributed by atoms with Crippen molar-refractivity contribution in [2.75, 3.05) is 19.8 Å². The Labute approximate surface area is 186 Å². The van der Waals surface area contributed by atoms with E-state index in [0.717, 1.165) is 10.7 Å². The number of thioether (sulfide) groups is 1. The van der Waals surface area contributed by atoms with E-state index in [-0.39, 0.29) is 11.7 Å². The first kappa shape index (κ1) is 21.9. The molecule has 0 radical (unpaired) electrons. The Balaban J connectivity index is 2.08. The Morgan fingerprint density at radius 1 is 0.828 bits per heavy atom. The van der Waals surface area contributed by atoms with E-state index >= 15 is 0 Å². The molecule has 29 heavy (non-hydrogen) atoms. The van der Waals surface area contributed by atoms with E-state index in [4.69, 9.17) is 15.3 Å². The van der Waals surface area contributed by atoms with Crippen molar-refractivity contribution in [2.24, 2.45) is 0 Å². The summed E-state index contributed by atoms with van der Waals surface area (Å²) in [7, 11) is 3.75. The summed E-state index contributed by atoms with van der Waals surface area (Å²) in [5.74, 6) is -0.0334. The maximum atomic E-state index is 13.0. The Morgan fingerprint density at radius 3 is 1.55 bits per heavy atom. The van der Waals surface area contributed by atoms with Crippen molar-refractivity contribution in [2.45, 2.75) is 0 Å². The van der Waals surface area contributed by atoms with Crippen LogP contribution in [0.25, 0.3) is 0 Å². The molecule has 0 bridgehead atoms. The van der Waals surface area contributed by atoms with Gasteiger partial charge in [0.1, 0.15) is 0 Å². The molecule has 0 spiro atoms. The number of carbonyl (C=O) groups is 1. The van der Waals surface area contributed by atoms with Gasteiger partial charge in [0.25, 0.3) is 0 Å². The van der Waals surface area contributed by atoms with Crippen LogP contribution in [0.3, 0.4) is 0 Å². The molecule has 0 saturated heterocycles. The zero-order chi connectivity index (χ0) is 20.7. The van der Waals surface area contributed by atoms with Crippen LogP contribution < -0.4 is 10.7 Å². The summed E-state index contributed by atoms with van der Waals surface area (Å²) in [4.78, 5) is 14.9. The second kappa shape index (κ2) is 10.3. The van der Waals surface area contributed by atoms with Crippen LogP contribution in [0.2, 0.25) is 0 Å². The summed E-state index contributed by atoms with van der Waals surface area (Å²) >= 11 is 2.64. The maximum absolute atomic E-state index is 13.0. The molecule has 6 heteroatoms. The average molecular weight is 528 g/mol. The predicted octanol–water partition coefficient (Wildman–Crippen LogP) is 2.78. The molecule has 3 rings (SSSR count). The number of nitrogens with zero attached hydrogens (tertiary/aromatic N) is 1. The van der Waals surface area contributed by atoms with Crippen molar-refractivity contribution >= 4 is 63.8 Å². The number of hydrogen-bond donors (Lipinski definition) is 0. The van der Waals surface area contributed by atoms with Crippen molar-refractivity contribution in [3.8, 4) is 0 Å². The topological polar surface area (TPSA) is 29.5 Å². The summed E-state index contributed by atoms with van der Waals surface area (Å²) in [5, 5.41) is 0. The zero-order valence-corrected chi connectivity index (χ0v) is 20.9. The SMILES string of the molecule is CN(C)C(=S)SCC(=O)[O][Sn]([c]1ccccc1)([c]1ccccc1)[c]1ccccc1. The molecule has 0 amide bonds. The van der Waals surface area contributed by atoms with E-state index in [2.05, 4.69) is 36.4 Å². The molecule has 0 saturated carbocycles. The molecule has 0 atom stereocenters. The first-order chi connectivity index (χ1) is 14.0. The molecule has 3 aromatic rings. The fourth-order valence-corrected chi connectivity index (χ4v) is 14.9. The third-order valence-corrected chi connectivity index (χ3v) is 17.5. The molecule has 0 aliphatic rings. The fourth-order valence-electron chi connectivity index (χ4n) is 3.15. The third kappa shape index (κ3) is 5.21. The molecule has 0 heterocycles. The van der Waals surface area contributed by atoms with Gasteiger partial charge in [0.05, 0.1) is 0 Å². The van der Waals surface area contributed by atoms with E-state index in [1.54, 1.807) is 0 Å². The van der Waals surface area contributed by atoms with Crippen LogP contribution in [0.4, 0.5) is 0 Å². The number of benzene rings is 3. The molecule has 0 aliphatic carbocycles. The van der Waals surface area contributed by atoms with Crippen LogP contribution >= 0.6 is 24.0 Å². The molecular weight excluding hydrogens is 505 g/mol. The van der Waals surface area contributed by atoms with E-state index in [0.29, 0.717) is 4.32 Å². The standard InChI is InChI=1S/3C6H5.C5H9NO2S2.Sn/c3*1-2-4-6-5-3-1;1-6(2)5(9)10-3-4(7)8;/h3*1-5H;3H2,1-2H3,(H,7,8);/q;;;;+1/p-1. The van der Waals surface area contributed by atoms with Gasteiger partial charge in [0.2, 0.25) is 0 Å². The molecule has 3 nitrogen and oxygen atoms in total. The van der Waals surface area contributed by atoms with Gasteiger partial charge in [-0.2, -0.15) is 0 Å². The van der Waals surface area contributed by atoms with Crippen molar-refractivity contribution in [3.05, 3.63) is 91.0 Å². The van der Waals surface area contributed by atoms with Crippen LogP contribution in [-0.4, -0.2) is 53.8 Å². The Kier molecular flexibility index (Phi) is 7.75. The van der Waals surface area contributed by atoms with Gasteiger partial charge < -0.3 is 0 Å². The zero-order valence-electron chi connectivity index (χ0n) is 16.4. The summed E-state index contributed by atoms with van der Waals surface area (Å²) in [5.41, 5.74) is 0. The number of hydrogen-bond acceptors (Lipinski definition) is 4. The van der Waals surface area contributed by atoms with E-state index in [1.165, 1.54) is 11.8 Å². The molecule has 0 aliphatic heterocycles. The normalized spacial score (nSPS) is 11.0. The third-order valence-electron chi connectivity index (χ3n) is 4.49. The first-order valence-corrected chi connectivity index (χ1v) is 16.1. The van der Waals surface area contributed by atoms with Crippen LogP contribution in [0.15, 0.2) is 91.0 Å². The van der Waals surface area contributed by atoms with Crippen LogP contribution in [0, 0.1) is 0 Å². The number of carbonyl (C=O) groups excluding carboxylic acids is 1. The van der Waals surface area contributed by atoms with Crippen molar-refractivity contribution in [1.29, 1.82) is 0 Å². The molecular formula is C23H23NO2S2Sn. The van der Waals surface area contributed by atoms with Crippen LogP contribution in [0.5, 0.6) is 0 Å². The van der Waals surface area contributed by atoms with Crippen LogP contribution in [-0.2, 0) is 7.87 Å². The van der Waals surface area contributed by atoms with Crippen molar-refractivity contribution in [3.63, 3.8) is 0 Å². The summed E-state index contributed by atoms with van der Waals surface area (Å²) in [6.45, 7) is 0. The molecule has 3 aromatic carbocycles. The molecule has 0 aromatic heterocycles. The van der Waals surface area contributed by atoms with E-state index < -0.39 is 18.8 Å². The first-order valence-electron chi connectivity index (χ1n) is 9.26. The number of rotatable bonds is 6. The molecule has 0 N–H and O–H groups in total. The quantitative estimate of drug-likeness (QED) is 0.363. The minimum absolute atomic E-state index is 0.197. The Hall–Kier alpha value is -1.83. The molecule has 148 valence electrons. The minimum atomic E-state index is -4.01. The van der Waals surface area contributed by atoms with Gasteiger partial charge in [-0.3, -0.25) is 0 Å². The summed E-state index contributed by atoms with van der Waals surface area (Å²) < 4.78 is 10.5. The van der Waals surface area contributed by atoms with Gasteiger partial charge in [0, 0.05) is 0 Å². The van der Waals surface area contributed by atoms with E-state index in [9.17, 15) is 4.79 Å². The number of thiocarbonyl (C=S) groups is 1. The van der Waals surface area contributed by atoms with Gasteiger partial charge in [-0.05, 0) is 0 Å². The predicted molar refractivity (Wildman–Crippen MR) is 129 cm³/mol. The van der Waals surface area contributed by atoms with Crippen LogP contribution in [0.1, 0.15) is 0 Å². The second-order valence-electron chi connectivity index (χ2n) is 6.70. The van der Waals surface area contributed by atoms with Gasteiger partial charge in [-0.1, -0.05) is 0 Å². The average Bonchev–Trinajstić information content (AvgIpc) is 2.77. The second-order valence-corrected chi connectivity index (χ2v) is 17.7. The van der Waals surface area contributed by atoms with Crippen molar-refractivity contribution in [1.82, 2.24) is 4.90 Å². The van der Waals surface area contributed by atoms with E-state index in [1.807, 2.05) is 73.6 Å². The van der Waals surface area contributed by atoms with Gasteiger partial charge in [-0.15, -0.1) is 0 Å². The van der Waals surface area contributed by atoms with Gasteiger partial charge >= 0.3 is 187 Å². The van der Waals surface area contributed by atoms with Crippen molar-refractivity contribution < 1.29 is 7.87 Å².